The molecule has 5 nitrogen and oxygen atoms in total. The van der Waals surface area contributed by atoms with E-state index in [1.807, 2.05) is 19.1 Å². The molecule has 0 amide bonds. The molecule has 0 aromatic heterocycles. The minimum Gasteiger partial charge on any atom is -0.496 e. The van der Waals surface area contributed by atoms with E-state index in [4.69, 9.17) is 9.47 Å². The van der Waals surface area contributed by atoms with Gasteiger partial charge in [-0.3, -0.25) is 0 Å². The third kappa shape index (κ3) is 4.18. The Hall–Kier alpha value is -1.89. The van der Waals surface area contributed by atoms with Crippen LogP contribution in [0.15, 0.2) is 47.4 Å². The van der Waals surface area contributed by atoms with Crippen molar-refractivity contribution in [2.24, 2.45) is 0 Å². The van der Waals surface area contributed by atoms with Crippen molar-refractivity contribution >= 4 is 10.0 Å². The zero-order valence-corrected chi connectivity index (χ0v) is 17.1. The van der Waals surface area contributed by atoms with Crippen molar-refractivity contribution in [2.75, 3.05) is 26.8 Å². The van der Waals surface area contributed by atoms with Gasteiger partial charge < -0.3 is 9.47 Å². The van der Waals surface area contributed by atoms with Crippen molar-refractivity contribution in [1.82, 2.24) is 4.31 Å². The molecule has 0 radical (unpaired) electrons. The van der Waals surface area contributed by atoms with Gasteiger partial charge in [0.05, 0.1) is 24.7 Å². The lowest BCUT2D eigenvalue weighted by atomic mass is 10.00. The Balaban J connectivity index is 1.81. The van der Waals surface area contributed by atoms with E-state index in [-0.39, 0.29) is 11.0 Å². The fraction of sp³-hybridized carbons (Fsp3) is 0.429. The van der Waals surface area contributed by atoms with Crippen molar-refractivity contribution in [2.45, 2.75) is 37.7 Å². The van der Waals surface area contributed by atoms with Gasteiger partial charge in [0.1, 0.15) is 5.75 Å². The Morgan fingerprint density at radius 3 is 2.44 bits per heavy atom. The van der Waals surface area contributed by atoms with Crippen molar-refractivity contribution in [3.8, 4) is 5.75 Å². The minimum atomic E-state index is -3.57. The van der Waals surface area contributed by atoms with Gasteiger partial charge in [-0.05, 0) is 47.7 Å². The maximum atomic E-state index is 13.1. The first-order valence-corrected chi connectivity index (χ1v) is 10.6. The molecule has 1 fully saturated rings. The number of hydrogen-bond donors (Lipinski definition) is 0. The second kappa shape index (κ2) is 8.00. The first-order chi connectivity index (χ1) is 12.8. The maximum Gasteiger partial charge on any atom is 0.243 e. The van der Waals surface area contributed by atoms with Gasteiger partial charge in [0, 0.05) is 13.1 Å². The highest BCUT2D eigenvalue weighted by molar-refractivity contribution is 7.89. The molecule has 3 rings (SSSR count). The third-order valence-electron chi connectivity index (χ3n) is 5.01. The van der Waals surface area contributed by atoms with Crippen molar-refractivity contribution < 1.29 is 17.9 Å². The van der Waals surface area contributed by atoms with Crippen LogP contribution in [-0.2, 0) is 14.8 Å². The van der Waals surface area contributed by atoms with Crippen LogP contribution < -0.4 is 4.74 Å². The first kappa shape index (κ1) is 19.9. The number of aryl methyl sites for hydroxylation is 1. The van der Waals surface area contributed by atoms with E-state index in [0.717, 1.165) is 11.1 Å². The van der Waals surface area contributed by atoms with Gasteiger partial charge in [-0.2, -0.15) is 4.31 Å². The third-order valence-corrected chi connectivity index (χ3v) is 6.87. The van der Waals surface area contributed by atoms with Crippen LogP contribution in [-0.4, -0.2) is 39.5 Å². The van der Waals surface area contributed by atoms with Gasteiger partial charge >= 0.3 is 0 Å². The molecule has 1 aliphatic heterocycles. The number of benzene rings is 2. The molecule has 0 bridgehead atoms. The van der Waals surface area contributed by atoms with E-state index < -0.39 is 10.0 Å². The Kier molecular flexibility index (Phi) is 5.89. The molecule has 0 spiro atoms. The topological polar surface area (TPSA) is 55.8 Å². The molecule has 0 N–H and O–H groups in total. The maximum absolute atomic E-state index is 13.1. The summed E-state index contributed by atoms with van der Waals surface area (Å²) >= 11 is 0. The smallest absolute Gasteiger partial charge is 0.243 e. The normalized spacial score (nSPS) is 18.6. The lowest BCUT2D eigenvalue weighted by molar-refractivity contribution is -0.00256. The highest BCUT2D eigenvalue weighted by Crippen LogP contribution is 2.29. The lowest BCUT2D eigenvalue weighted by Crippen LogP contribution is -2.42. The SMILES string of the molecule is COc1ccc(S(=O)(=O)N2CCOC(c3ccc(C(C)C)cc3)C2)cc1C. The molecule has 1 unspecified atom stereocenters. The van der Waals surface area contributed by atoms with Crippen LogP contribution in [0.25, 0.3) is 0 Å². The van der Waals surface area contributed by atoms with E-state index in [9.17, 15) is 8.42 Å². The van der Waals surface area contributed by atoms with Crippen LogP contribution in [0.5, 0.6) is 5.75 Å². The van der Waals surface area contributed by atoms with Gasteiger partial charge in [-0.15, -0.1) is 0 Å². The monoisotopic (exact) mass is 389 g/mol. The Morgan fingerprint density at radius 1 is 1.15 bits per heavy atom. The molecular formula is C21H27NO4S. The average Bonchev–Trinajstić information content (AvgIpc) is 2.68. The van der Waals surface area contributed by atoms with Gasteiger partial charge in [-0.1, -0.05) is 38.1 Å². The van der Waals surface area contributed by atoms with E-state index in [1.165, 1.54) is 9.87 Å². The molecular weight excluding hydrogens is 362 g/mol. The Bertz CT molecular complexity index is 891. The van der Waals surface area contributed by atoms with Crippen molar-refractivity contribution in [1.29, 1.82) is 0 Å². The summed E-state index contributed by atoms with van der Waals surface area (Å²) < 4.78 is 38.8. The summed E-state index contributed by atoms with van der Waals surface area (Å²) in [6.07, 6.45) is -0.255. The van der Waals surface area contributed by atoms with Gasteiger partial charge in [-0.25, -0.2) is 8.42 Å². The van der Waals surface area contributed by atoms with E-state index in [1.54, 1.807) is 25.3 Å². The van der Waals surface area contributed by atoms with Crippen LogP contribution in [0.1, 0.15) is 42.6 Å². The highest BCUT2D eigenvalue weighted by Gasteiger charge is 2.31. The highest BCUT2D eigenvalue weighted by atomic mass is 32.2. The first-order valence-electron chi connectivity index (χ1n) is 9.19. The average molecular weight is 390 g/mol. The molecule has 2 aromatic carbocycles. The standard InChI is InChI=1S/C21H27NO4S/c1-15(2)17-5-7-18(8-6-17)21-14-22(11-12-26-21)27(23,24)19-9-10-20(25-4)16(3)13-19/h5-10,13,15,21H,11-12,14H2,1-4H3. The number of methoxy groups -OCH3 is 1. The van der Waals surface area contributed by atoms with Crippen molar-refractivity contribution in [3.05, 3.63) is 59.2 Å². The second-order valence-electron chi connectivity index (χ2n) is 7.18. The summed E-state index contributed by atoms with van der Waals surface area (Å²) in [7, 11) is -2.00. The Morgan fingerprint density at radius 2 is 1.85 bits per heavy atom. The van der Waals surface area contributed by atoms with E-state index >= 15 is 0 Å². The number of sulfonamides is 1. The quantitative estimate of drug-likeness (QED) is 0.778. The van der Waals surface area contributed by atoms with Crippen LogP contribution in [0, 0.1) is 6.92 Å². The van der Waals surface area contributed by atoms with Crippen LogP contribution in [0.2, 0.25) is 0 Å². The predicted molar refractivity (Wildman–Crippen MR) is 106 cm³/mol. The molecule has 0 saturated carbocycles. The molecule has 0 aliphatic carbocycles. The van der Waals surface area contributed by atoms with Gasteiger partial charge in [0.25, 0.3) is 0 Å². The fourth-order valence-corrected chi connectivity index (χ4v) is 4.81. The summed E-state index contributed by atoms with van der Waals surface area (Å²) in [5.41, 5.74) is 3.06. The van der Waals surface area contributed by atoms with Crippen molar-refractivity contribution in [3.63, 3.8) is 0 Å². The summed E-state index contributed by atoms with van der Waals surface area (Å²) in [5.74, 6) is 1.14. The van der Waals surface area contributed by atoms with E-state index in [0.29, 0.717) is 31.4 Å². The lowest BCUT2D eigenvalue weighted by Gasteiger charge is -2.32. The van der Waals surface area contributed by atoms with E-state index in [2.05, 4.69) is 26.0 Å². The summed E-state index contributed by atoms with van der Waals surface area (Å²) in [5, 5.41) is 0. The van der Waals surface area contributed by atoms with Crippen LogP contribution in [0.3, 0.4) is 0 Å². The second-order valence-corrected chi connectivity index (χ2v) is 9.11. The predicted octanol–water partition coefficient (Wildman–Crippen LogP) is 3.89. The molecule has 146 valence electrons. The number of rotatable bonds is 5. The number of nitrogens with zero attached hydrogens (tertiary/aromatic N) is 1. The number of hydrogen-bond acceptors (Lipinski definition) is 4. The van der Waals surface area contributed by atoms with Gasteiger partial charge in [0.2, 0.25) is 10.0 Å². The molecule has 1 saturated heterocycles. The number of morpholine rings is 1. The Labute approximate surface area is 162 Å². The summed E-state index contributed by atoms with van der Waals surface area (Å²) in [4.78, 5) is 0.289. The number of ether oxygens (including phenoxy) is 2. The molecule has 1 aliphatic rings. The van der Waals surface area contributed by atoms with Gasteiger partial charge in [0.15, 0.2) is 0 Å². The largest absolute Gasteiger partial charge is 0.496 e. The van der Waals surface area contributed by atoms with Crippen LogP contribution in [0.4, 0.5) is 0 Å². The molecule has 2 aromatic rings. The molecule has 6 heteroatoms. The molecule has 27 heavy (non-hydrogen) atoms. The zero-order chi connectivity index (χ0) is 19.6. The van der Waals surface area contributed by atoms with Crippen LogP contribution >= 0.6 is 0 Å². The molecule has 1 atom stereocenters. The minimum absolute atomic E-state index is 0.255. The summed E-state index contributed by atoms with van der Waals surface area (Å²) in [6.45, 7) is 7.19. The summed E-state index contributed by atoms with van der Waals surface area (Å²) in [6, 6.07) is 13.2. The fourth-order valence-electron chi connectivity index (χ4n) is 3.30. The zero-order valence-electron chi connectivity index (χ0n) is 16.3. The molecule has 1 heterocycles.